The summed E-state index contributed by atoms with van der Waals surface area (Å²) in [7, 11) is 1.56. The molecule has 23 heavy (non-hydrogen) atoms. The van der Waals surface area contributed by atoms with E-state index in [4.69, 9.17) is 4.74 Å². The first-order chi connectivity index (χ1) is 11.1. The normalized spacial score (nSPS) is 10.2. The molecule has 0 fully saturated rings. The van der Waals surface area contributed by atoms with Crippen LogP contribution >= 0.6 is 0 Å². The molecule has 6 nitrogen and oxygen atoms in total. The van der Waals surface area contributed by atoms with Gasteiger partial charge in [0.1, 0.15) is 0 Å². The fourth-order valence-corrected chi connectivity index (χ4v) is 1.96. The van der Waals surface area contributed by atoms with E-state index in [1.54, 1.807) is 7.11 Å². The molecule has 0 spiro atoms. The zero-order valence-electron chi connectivity index (χ0n) is 13.1. The summed E-state index contributed by atoms with van der Waals surface area (Å²) >= 11 is 0. The number of ether oxygens (including phenoxy) is 1. The van der Waals surface area contributed by atoms with Crippen molar-refractivity contribution in [3.05, 3.63) is 59.4 Å². The number of para-hydroxylation sites is 1. The topological polar surface area (TPSA) is 80.3 Å². The minimum absolute atomic E-state index is 0.292. The van der Waals surface area contributed by atoms with E-state index in [2.05, 4.69) is 15.6 Å². The van der Waals surface area contributed by atoms with Gasteiger partial charge in [-0.2, -0.15) is 0 Å². The van der Waals surface area contributed by atoms with Crippen LogP contribution in [0.1, 0.15) is 26.3 Å². The molecule has 6 heteroatoms. The SMILES string of the molecule is COCCNC(=O)c1cncc(C(=O)Nc2ccccc2C)c1. The third-order valence-electron chi connectivity index (χ3n) is 3.25. The van der Waals surface area contributed by atoms with Crippen molar-refractivity contribution in [2.45, 2.75) is 6.92 Å². The second-order valence-electron chi connectivity index (χ2n) is 4.98. The monoisotopic (exact) mass is 313 g/mol. The summed E-state index contributed by atoms with van der Waals surface area (Å²) in [6, 6.07) is 9.00. The maximum absolute atomic E-state index is 12.3. The van der Waals surface area contributed by atoms with Crippen molar-refractivity contribution in [3.8, 4) is 0 Å². The van der Waals surface area contributed by atoms with Crippen LogP contribution in [0, 0.1) is 6.92 Å². The molecule has 2 aromatic rings. The Kier molecular flexibility index (Phi) is 5.82. The van der Waals surface area contributed by atoms with Crippen molar-refractivity contribution < 1.29 is 14.3 Å². The third kappa shape index (κ3) is 4.62. The van der Waals surface area contributed by atoms with E-state index >= 15 is 0 Å². The number of nitrogens with one attached hydrogen (secondary N) is 2. The molecule has 0 atom stereocenters. The smallest absolute Gasteiger partial charge is 0.257 e. The lowest BCUT2D eigenvalue weighted by atomic mass is 10.1. The van der Waals surface area contributed by atoms with Gasteiger partial charge in [-0.05, 0) is 24.6 Å². The molecule has 2 amide bonds. The lowest BCUT2D eigenvalue weighted by Gasteiger charge is -2.09. The molecule has 2 rings (SSSR count). The molecule has 2 N–H and O–H groups in total. The first-order valence-electron chi connectivity index (χ1n) is 7.21. The molecule has 1 aromatic heterocycles. The summed E-state index contributed by atoms with van der Waals surface area (Å²) in [4.78, 5) is 28.2. The molecule has 0 radical (unpaired) electrons. The van der Waals surface area contributed by atoms with Crippen molar-refractivity contribution in [2.75, 3.05) is 25.6 Å². The van der Waals surface area contributed by atoms with Gasteiger partial charge >= 0.3 is 0 Å². The van der Waals surface area contributed by atoms with E-state index in [-0.39, 0.29) is 11.8 Å². The van der Waals surface area contributed by atoms with E-state index in [0.717, 1.165) is 11.3 Å². The second-order valence-corrected chi connectivity index (χ2v) is 4.98. The number of carbonyl (C=O) groups is 2. The summed E-state index contributed by atoms with van der Waals surface area (Å²) in [5.74, 6) is -0.599. The number of methoxy groups -OCH3 is 1. The van der Waals surface area contributed by atoms with Crippen molar-refractivity contribution in [1.29, 1.82) is 0 Å². The van der Waals surface area contributed by atoms with Crippen LogP contribution in [-0.4, -0.2) is 37.1 Å². The van der Waals surface area contributed by atoms with Gasteiger partial charge in [0.15, 0.2) is 0 Å². The van der Waals surface area contributed by atoms with Crippen molar-refractivity contribution in [3.63, 3.8) is 0 Å². The van der Waals surface area contributed by atoms with Crippen LogP contribution in [0.2, 0.25) is 0 Å². The Morgan fingerprint density at radius 3 is 2.52 bits per heavy atom. The quantitative estimate of drug-likeness (QED) is 0.800. The van der Waals surface area contributed by atoms with Gasteiger partial charge in [-0.15, -0.1) is 0 Å². The number of carbonyl (C=O) groups excluding carboxylic acids is 2. The summed E-state index contributed by atoms with van der Waals surface area (Å²) in [6.45, 7) is 2.73. The van der Waals surface area contributed by atoms with Crippen LogP contribution in [0.5, 0.6) is 0 Å². The Morgan fingerprint density at radius 1 is 1.13 bits per heavy atom. The van der Waals surface area contributed by atoms with E-state index in [9.17, 15) is 9.59 Å². The highest BCUT2D eigenvalue weighted by Gasteiger charge is 2.12. The minimum atomic E-state index is -0.307. The second kappa shape index (κ2) is 8.05. The number of anilines is 1. The number of aromatic nitrogens is 1. The Morgan fingerprint density at radius 2 is 1.83 bits per heavy atom. The zero-order chi connectivity index (χ0) is 16.7. The number of rotatable bonds is 6. The summed E-state index contributed by atoms with van der Waals surface area (Å²) in [6.07, 6.45) is 2.85. The third-order valence-corrected chi connectivity index (χ3v) is 3.25. The first-order valence-corrected chi connectivity index (χ1v) is 7.21. The van der Waals surface area contributed by atoms with Crippen molar-refractivity contribution in [2.24, 2.45) is 0 Å². The standard InChI is InChI=1S/C17H19N3O3/c1-12-5-3-4-6-15(12)20-17(22)14-9-13(10-18-11-14)16(21)19-7-8-23-2/h3-6,9-11H,7-8H2,1-2H3,(H,19,21)(H,20,22). The van der Waals surface area contributed by atoms with Gasteiger partial charge < -0.3 is 15.4 Å². The fourth-order valence-electron chi connectivity index (χ4n) is 1.96. The van der Waals surface area contributed by atoms with E-state index in [1.165, 1.54) is 18.5 Å². The molecule has 0 aliphatic rings. The molecular weight excluding hydrogens is 294 g/mol. The van der Waals surface area contributed by atoms with Gasteiger partial charge in [-0.1, -0.05) is 18.2 Å². The molecule has 0 saturated carbocycles. The van der Waals surface area contributed by atoms with Crippen molar-refractivity contribution >= 4 is 17.5 Å². The molecule has 0 bridgehead atoms. The Labute approximate surface area is 134 Å². The molecule has 120 valence electrons. The Hall–Kier alpha value is -2.73. The number of benzene rings is 1. The molecule has 1 heterocycles. The van der Waals surface area contributed by atoms with Crippen LogP contribution in [-0.2, 0) is 4.74 Å². The van der Waals surface area contributed by atoms with E-state index in [1.807, 2.05) is 31.2 Å². The van der Waals surface area contributed by atoms with Crippen LogP contribution in [0.15, 0.2) is 42.7 Å². The van der Waals surface area contributed by atoms with Crippen LogP contribution in [0.4, 0.5) is 5.69 Å². The summed E-state index contributed by atoms with van der Waals surface area (Å²) in [5, 5.41) is 5.50. The van der Waals surface area contributed by atoms with Crippen LogP contribution in [0.25, 0.3) is 0 Å². The molecule has 0 unspecified atom stereocenters. The highest BCUT2D eigenvalue weighted by Crippen LogP contribution is 2.14. The number of pyridine rings is 1. The number of aryl methyl sites for hydroxylation is 1. The van der Waals surface area contributed by atoms with Crippen molar-refractivity contribution in [1.82, 2.24) is 10.3 Å². The number of amides is 2. The van der Waals surface area contributed by atoms with Gasteiger partial charge in [0.2, 0.25) is 0 Å². The van der Waals surface area contributed by atoms with E-state index in [0.29, 0.717) is 24.3 Å². The molecular formula is C17H19N3O3. The minimum Gasteiger partial charge on any atom is -0.383 e. The van der Waals surface area contributed by atoms with Gasteiger partial charge in [0, 0.05) is 31.7 Å². The molecule has 0 aliphatic heterocycles. The van der Waals surface area contributed by atoms with Gasteiger partial charge in [0.05, 0.1) is 17.7 Å². The number of hydrogen-bond acceptors (Lipinski definition) is 4. The lowest BCUT2D eigenvalue weighted by Crippen LogP contribution is -2.27. The van der Waals surface area contributed by atoms with Gasteiger partial charge in [0.25, 0.3) is 11.8 Å². The largest absolute Gasteiger partial charge is 0.383 e. The molecule has 1 aromatic carbocycles. The molecule has 0 aliphatic carbocycles. The first kappa shape index (κ1) is 16.6. The predicted molar refractivity (Wildman–Crippen MR) is 87.6 cm³/mol. The highest BCUT2D eigenvalue weighted by atomic mass is 16.5. The Balaban J connectivity index is 2.08. The number of nitrogens with zero attached hydrogens (tertiary/aromatic N) is 1. The van der Waals surface area contributed by atoms with E-state index < -0.39 is 0 Å². The lowest BCUT2D eigenvalue weighted by molar-refractivity contribution is 0.0936. The zero-order valence-corrected chi connectivity index (χ0v) is 13.1. The molecule has 0 saturated heterocycles. The van der Waals surface area contributed by atoms with Crippen LogP contribution in [0.3, 0.4) is 0 Å². The van der Waals surface area contributed by atoms with Crippen LogP contribution < -0.4 is 10.6 Å². The van der Waals surface area contributed by atoms with Gasteiger partial charge in [-0.25, -0.2) is 0 Å². The fraction of sp³-hybridized carbons (Fsp3) is 0.235. The predicted octanol–water partition coefficient (Wildman–Crippen LogP) is 2.02. The maximum atomic E-state index is 12.3. The summed E-state index contributed by atoms with van der Waals surface area (Å²) < 4.78 is 4.87. The summed E-state index contributed by atoms with van der Waals surface area (Å²) in [5.41, 5.74) is 2.35. The number of hydrogen-bond donors (Lipinski definition) is 2. The Bertz CT molecular complexity index is 701. The highest BCUT2D eigenvalue weighted by molar-refractivity contribution is 6.06. The maximum Gasteiger partial charge on any atom is 0.257 e. The average Bonchev–Trinajstić information content (AvgIpc) is 2.57. The van der Waals surface area contributed by atoms with Gasteiger partial charge in [-0.3, -0.25) is 14.6 Å². The average molecular weight is 313 g/mol.